The zero-order valence-corrected chi connectivity index (χ0v) is 10.4. The fourth-order valence-corrected chi connectivity index (χ4v) is 2.18. The molecule has 0 unspecified atom stereocenters. The van der Waals surface area contributed by atoms with Crippen molar-refractivity contribution in [3.63, 3.8) is 0 Å². The minimum Gasteiger partial charge on any atom is -0.504 e. The van der Waals surface area contributed by atoms with Crippen LogP contribution in [0.2, 0.25) is 0 Å². The van der Waals surface area contributed by atoms with Crippen LogP contribution in [0.4, 0.5) is 0 Å². The molecule has 0 aliphatic rings. The lowest BCUT2D eigenvalue weighted by atomic mass is 10.1. The van der Waals surface area contributed by atoms with E-state index in [1.54, 1.807) is 18.3 Å². The van der Waals surface area contributed by atoms with E-state index in [0.717, 1.165) is 11.2 Å². The maximum atomic E-state index is 9.97. The highest BCUT2D eigenvalue weighted by atomic mass is 16.3. The second-order valence-corrected chi connectivity index (χ2v) is 4.20. The number of imidazole rings is 1. The van der Waals surface area contributed by atoms with Crippen LogP contribution in [-0.2, 0) is 6.54 Å². The Morgan fingerprint density at radius 2 is 2.00 bits per heavy atom. The molecule has 3 aromatic rings. The van der Waals surface area contributed by atoms with Gasteiger partial charge in [0, 0.05) is 12.7 Å². The lowest BCUT2D eigenvalue weighted by molar-refractivity contribution is 0.405. The fraction of sp³-hybridized carbons (Fsp3) is 0.143. The van der Waals surface area contributed by atoms with E-state index in [2.05, 4.69) is 9.97 Å². The number of pyridine rings is 1. The molecule has 0 fully saturated rings. The third-order valence-electron chi connectivity index (χ3n) is 3.08. The molecule has 2 aromatic heterocycles. The van der Waals surface area contributed by atoms with Crippen molar-refractivity contribution in [3.05, 3.63) is 36.5 Å². The van der Waals surface area contributed by atoms with E-state index < -0.39 is 0 Å². The summed E-state index contributed by atoms with van der Waals surface area (Å²) in [6, 6.07) is 8.54. The zero-order chi connectivity index (χ0) is 13.4. The van der Waals surface area contributed by atoms with Crippen LogP contribution in [0.15, 0.2) is 36.5 Å². The fourth-order valence-electron chi connectivity index (χ4n) is 2.18. The summed E-state index contributed by atoms with van der Waals surface area (Å²) in [6.07, 6.45) is 1.71. The molecule has 0 radical (unpaired) electrons. The lowest BCUT2D eigenvalue weighted by Crippen LogP contribution is -1.98. The van der Waals surface area contributed by atoms with Crippen LogP contribution < -0.4 is 0 Å². The van der Waals surface area contributed by atoms with Crippen molar-refractivity contribution in [3.8, 4) is 22.9 Å². The van der Waals surface area contributed by atoms with Gasteiger partial charge in [0.15, 0.2) is 17.1 Å². The molecule has 5 nitrogen and oxygen atoms in total. The summed E-state index contributed by atoms with van der Waals surface area (Å²) in [5.74, 6) is 0.289. The minimum absolute atomic E-state index is 0.153. The zero-order valence-electron chi connectivity index (χ0n) is 10.4. The van der Waals surface area contributed by atoms with Crippen LogP contribution >= 0.6 is 0 Å². The molecule has 0 saturated heterocycles. The Kier molecular flexibility index (Phi) is 2.59. The van der Waals surface area contributed by atoms with Gasteiger partial charge in [0.1, 0.15) is 11.3 Å². The van der Waals surface area contributed by atoms with E-state index in [4.69, 9.17) is 0 Å². The van der Waals surface area contributed by atoms with E-state index in [1.165, 1.54) is 6.07 Å². The van der Waals surface area contributed by atoms with Crippen LogP contribution in [0.3, 0.4) is 0 Å². The van der Waals surface area contributed by atoms with Crippen LogP contribution in [0.25, 0.3) is 22.6 Å². The molecule has 1 aromatic carbocycles. The van der Waals surface area contributed by atoms with Gasteiger partial charge in [0.25, 0.3) is 0 Å². The van der Waals surface area contributed by atoms with Crippen LogP contribution in [0.5, 0.6) is 11.5 Å². The number of nitrogens with zero attached hydrogens (tertiary/aromatic N) is 3. The summed E-state index contributed by atoms with van der Waals surface area (Å²) >= 11 is 0. The molecule has 0 saturated carbocycles. The number of hydrogen-bond donors (Lipinski definition) is 2. The Morgan fingerprint density at radius 3 is 2.79 bits per heavy atom. The summed E-state index contributed by atoms with van der Waals surface area (Å²) < 4.78 is 1.91. The van der Waals surface area contributed by atoms with Gasteiger partial charge < -0.3 is 14.8 Å². The highest BCUT2D eigenvalue weighted by molar-refractivity contribution is 5.79. The number of rotatable bonds is 2. The third kappa shape index (κ3) is 1.71. The first-order valence-corrected chi connectivity index (χ1v) is 6.05. The number of fused-ring (bicyclic) bond motifs is 1. The molecule has 0 amide bonds. The molecule has 0 aliphatic carbocycles. The SMILES string of the molecule is CCn1c(-c2cccc(O)c2O)nc2cccnc21. The van der Waals surface area contributed by atoms with E-state index in [0.29, 0.717) is 17.9 Å². The predicted octanol–water partition coefficient (Wildman–Crippen LogP) is 2.53. The van der Waals surface area contributed by atoms with Gasteiger partial charge in [-0.05, 0) is 31.2 Å². The van der Waals surface area contributed by atoms with Crippen molar-refractivity contribution >= 4 is 11.2 Å². The Bertz CT molecular complexity index is 750. The average molecular weight is 255 g/mol. The highest BCUT2D eigenvalue weighted by Gasteiger charge is 2.16. The van der Waals surface area contributed by atoms with Crippen LogP contribution in [0.1, 0.15) is 6.92 Å². The van der Waals surface area contributed by atoms with Gasteiger partial charge in [-0.1, -0.05) is 6.07 Å². The van der Waals surface area contributed by atoms with Gasteiger partial charge in [0.05, 0.1) is 5.56 Å². The van der Waals surface area contributed by atoms with Gasteiger partial charge in [0.2, 0.25) is 0 Å². The van der Waals surface area contributed by atoms with Gasteiger partial charge >= 0.3 is 0 Å². The average Bonchev–Trinajstić information content (AvgIpc) is 2.80. The molecule has 3 rings (SSSR count). The Balaban J connectivity index is 2.33. The number of phenols is 2. The number of para-hydroxylation sites is 1. The molecule has 2 N–H and O–H groups in total. The van der Waals surface area contributed by atoms with Gasteiger partial charge in [-0.15, -0.1) is 0 Å². The summed E-state index contributed by atoms with van der Waals surface area (Å²) in [6.45, 7) is 2.66. The number of aromatic nitrogens is 3. The molecule has 0 spiro atoms. The third-order valence-corrected chi connectivity index (χ3v) is 3.08. The Hall–Kier alpha value is -2.56. The Morgan fingerprint density at radius 1 is 1.16 bits per heavy atom. The standard InChI is InChI=1S/C14H13N3O2/c1-2-17-13(9-5-3-7-11(18)12(9)19)16-10-6-4-8-15-14(10)17/h3-8,18-19H,2H2,1H3. The molecule has 2 heterocycles. The molecular formula is C14H13N3O2. The molecule has 19 heavy (non-hydrogen) atoms. The quantitative estimate of drug-likeness (QED) is 0.690. The van der Waals surface area contributed by atoms with E-state index in [1.807, 2.05) is 23.6 Å². The van der Waals surface area contributed by atoms with Crippen molar-refractivity contribution in [2.75, 3.05) is 0 Å². The monoisotopic (exact) mass is 255 g/mol. The molecule has 96 valence electrons. The second kappa shape index (κ2) is 4.28. The number of aromatic hydroxyl groups is 2. The van der Waals surface area contributed by atoms with E-state index in [9.17, 15) is 10.2 Å². The number of aryl methyl sites for hydroxylation is 1. The van der Waals surface area contributed by atoms with Crippen molar-refractivity contribution in [2.24, 2.45) is 0 Å². The predicted molar refractivity (Wildman–Crippen MR) is 72.0 cm³/mol. The van der Waals surface area contributed by atoms with Gasteiger partial charge in [-0.3, -0.25) is 0 Å². The maximum Gasteiger partial charge on any atom is 0.168 e. The Labute approximate surface area is 109 Å². The van der Waals surface area contributed by atoms with Crippen molar-refractivity contribution in [1.29, 1.82) is 0 Å². The van der Waals surface area contributed by atoms with Crippen LogP contribution in [0, 0.1) is 0 Å². The summed E-state index contributed by atoms with van der Waals surface area (Å²) in [7, 11) is 0. The minimum atomic E-state index is -0.160. The normalized spacial score (nSPS) is 11.0. The molecule has 0 atom stereocenters. The number of hydrogen-bond acceptors (Lipinski definition) is 4. The number of benzene rings is 1. The topological polar surface area (TPSA) is 71.2 Å². The first kappa shape index (κ1) is 11.5. The first-order valence-electron chi connectivity index (χ1n) is 6.05. The first-order chi connectivity index (χ1) is 9.22. The largest absolute Gasteiger partial charge is 0.504 e. The highest BCUT2D eigenvalue weighted by Crippen LogP contribution is 2.36. The van der Waals surface area contributed by atoms with Crippen LogP contribution in [-0.4, -0.2) is 24.7 Å². The van der Waals surface area contributed by atoms with Gasteiger partial charge in [-0.25, -0.2) is 9.97 Å². The number of phenolic OH excluding ortho intramolecular Hbond substituents is 2. The smallest absolute Gasteiger partial charge is 0.168 e. The summed E-state index contributed by atoms with van der Waals surface area (Å²) in [5.41, 5.74) is 2.03. The van der Waals surface area contributed by atoms with Crippen molar-refractivity contribution in [2.45, 2.75) is 13.5 Å². The van der Waals surface area contributed by atoms with E-state index in [-0.39, 0.29) is 11.5 Å². The van der Waals surface area contributed by atoms with E-state index >= 15 is 0 Å². The lowest BCUT2D eigenvalue weighted by Gasteiger charge is -2.08. The van der Waals surface area contributed by atoms with Gasteiger partial charge in [-0.2, -0.15) is 0 Å². The summed E-state index contributed by atoms with van der Waals surface area (Å²) in [4.78, 5) is 8.79. The molecule has 5 heteroatoms. The maximum absolute atomic E-state index is 9.97. The molecule has 0 aliphatic heterocycles. The second-order valence-electron chi connectivity index (χ2n) is 4.20. The molecule has 0 bridgehead atoms. The van der Waals surface area contributed by atoms with Crippen molar-refractivity contribution < 1.29 is 10.2 Å². The van der Waals surface area contributed by atoms with Crippen molar-refractivity contribution in [1.82, 2.24) is 14.5 Å². The summed E-state index contributed by atoms with van der Waals surface area (Å²) in [5, 5.41) is 19.6. The molecular weight excluding hydrogens is 242 g/mol.